The first kappa shape index (κ1) is 24.6. The Labute approximate surface area is 197 Å². The summed E-state index contributed by atoms with van der Waals surface area (Å²) in [6.45, 7) is 5.37. The molecule has 164 valence electrons. The zero-order valence-electron chi connectivity index (χ0n) is 17.9. The van der Waals surface area contributed by atoms with Crippen molar-refractivity contribution in [3.8, 4) is 5.75 Å². The zero-order chi connectivity index (χ0) is 19.8. The molecular weight excluding hydrogens is 497 g/mol. The number of hydrogen-bond donors (Lipinski definition) is 2. The minimum atomic E-state index is 0. The van der Waals surface area contributed by atoms with Crippen molar-refractivity contribution in [1.82, 2.24) is 10.6 Å². The Bertz CT molecular complexity index is 635. The summed E-state index contributed by atoms with van der Waals surface area (Å²) in [5.41, 5.74) is 1.36. The van der Waals surface area contributed by atoms with E-state index in [0.29, 0.717) is 6.04 Å². The van der Waals surface area contributed by atoms with Gasteiger partial charge in [0, 0.05) is 36.5 Å². The van der Waals surface area contributed by atoms with Gasteiger partial charge in [-0.25, -0.2) is 0 Å². The summed E-state index contributed by atoms with van der Waals surface area (Å²) in [6, 6.07) is 9.03. The average molecular weight is 534 g/mol. The number of aliphatic imine (C=N–C) groups is 1. The second-order valence-electron chi connectivity index (χ2n) is 7.83. The van der Waals surface area contributed by atoms with Crippen molar-refractivity contribution in [1.29, 1.82) is 0 Å². The van der Waals surface area contributed by atoms with E-state index in [1.165, 1.54) is 24.8 Å². The number of guanidine groups is 1. The van der Waals surface area contributed by atoms with E-state index in [2.05, 4.69) is 48.1 Å². The standard InChI is InChI=1S/C22H35N3O2S.HI/c1-4-23-21(25-18-7-10-20(15-18)28-3)24-16-22(11-13-27-14-12-22)17-5-8-19(26-2)9-6-17;/h5-6,8-9,18,20H,4,7,10-16H2,1-3H3,(H2,23,24,25);1H. The van der Waals surface area contributed by atoms with E-state index in [4.69, 9.17) is 14.5 Å². The predicted octanol–water partition coefficient (Wildman–Crippen LogP) is 4.20. The molecule has 0 amide bonds. The molecule has 1 aliphatic heterocycles. The van der Waals surface area contributed by atoms with Crippen LogP contribution in [0.15, 0.2) is 29.3 Å². The van der Waals surface area contributed by atoms with Gasteiger partial charge in [0.15, 0.2) is 5.96 Å². The lowest BCUT2D eigenvalue weighted by Gasteiger charge is -2.37. The second kappa shape index (κ2) is 12.2. The zero-order valence-corrected chi connectivity index (χ0v) is 21.1. The van der Waals surface area contributed by atoms with Gasteiger partial charge in [-0.15, -0.1) is 24.0 Å². The Morgan fingerprint density at radius 3 is 2.55 bits per heavy atom. The molecule has 2 N–H and O–H groups in total. The summed E-state index contributed by atoms with van der Waals surface area (Å²) in [4.78, 5) is 5.04. The number of halogens is 1. The lowest BCUT2D eigenvalue weighted by molar-refractivity contribution is 0.0531. The number of thioether (sulfide) groups is 1. The lowest BCUT2D eigenvalue weighted by atomic mass is 9.74. The van der Waals surface area contributed by atoms with Gasteiger partial charge < -0.3 is 20.1 Å². The first-order valence-corrected chi connectivity index (χ1v) is 11.8. The van der Waals surface area contributed by atoms with E-state index in [-0.39, 0.29) is 29.4 Å². The molecule has 0 radical (unpaired) electrons. The van der Waals surface area contributed by atoms with Crippen molar-refractivity contribution in [2.24, 2.45) is 4.99 Å². The number of ether oxygens (including phenoxy) is 2. The summed E-state index contributed by atoms with van der Waals surface area (Å²) >= 11 is 1.99. The predicted molar refractivity (Wildman–Crippen MR) is 134 cm³/mol. The maximum atomic E-state index is 5.67. The topological polar surface area (TPSA) is 54.9 Å². The third kappa shape index (κ3) is 6.66. The fourth-order valence-corrected chi connectivity index (χ4v) is 5.07. The van der Waals surface area contributed by atoms with Gasteiger partial charge in [0.2, 0.25) is 0 Å². The molecule has 0 aromatic heterocycles. The average Bonchev–Trinajstić information content (AvgIpc) is 3.20. The Morgan fingerprint density at radius 2 is 1.97 bits per heavy atom. The highest BCUT2D eigenvalue weighted by molar-refractivity contribution is 14.0. The fraction of sp³-hybridized carbons (Fsp3) is 0.682. The highest BCUT2D eigenvalue weighted by Crippen LogP contribution is 2.36. The molecular formula is C22H36IN3O2S. The summed E-state index contributed by atoms with van der Waals surface area (Å²) in [6.07, 6.45) is 7.97. The SMILES string of the molecule is CCNC(=NCC1(c2ccc(OC)cc2)CCOCC1)NC1CCC(SC)C1.I. The van der Waals surface area contributed by atoms with Crippen LogP contribution in [0.5, 0.6) is 5.75 Å². The Morgan fingerprint density at radius 1 is 1.24 bits per heavy atom. The fourth-order valence-electron chi connectivity index (χ4n) is 4.27. The highest BCUT2D eigenvalue weighted by Gasteiger charge is 2.34. The van der Waals surface area contributed by atoms with E-state index >= 15 is 0 Å². The van der Waals surface area contributed by atoms with Crippen LogP contribution in [0.25, 0.3) is 0 Å². The third-order valence-corrected chi connectivity index (χ3v) is 7.19. The van der Waals surface area contributed by atoms with Gasteiger partial charge in [0.25, 0.3) is 0 Å². The van der Waals surface area contributed by atoms with E-state index in [1.807, 2.05) is 11.8 Å². The maximum absolute atomic E-state index is 5.67. The lowest BCUT2D eigenvalue weighted by Crippen LogP contribution is -2.44. The molecule has 0 bridgehead atoms. The molecule has 7 heteroatoms. The summed E-state index contributed by atoms with van der Waals surface area (Å²) in [7, 11) is 1.71. The number of nitrogens with zero attached hydrogens (tertiary/aromatic N) is 1. The quantitative estimate of drug-likeness (QED) is 0.313. The first-order valence-electron chi connectivity index (χ1n) is 10.5. The first-order chi connectivity index (χ1) is 13.7. The van der Waals surface area contributed by atoms with Gasteiger partial charge in [-0.1, -0.05) is 12.1 Å². The minimum absolute atomic E-state index is 0. The smallest absolute Gasteiger partial charge is 0.191 e. The van der Waals surface area contributed by atoms with E-state index < -0.39 is 0 Å². The summed E-state index contributed by atoms with van der Waals surface area (Å²) < 4.78 is 11.0. The number of hydrogen-bond acceptors (Lipinski definition) is 4. The molecule has 1 aromatic carbocycles. The molecule has 1 saturated heterocycles. The van der Waals surface area contributed by atoms with Crippen LogP contribution in [-0.4, -0.2) is 56.9 Å². The van der Waals surface area contributed by atoms with Gasteiger partial charge in [-0.05, 0) is 63.0 Å². The van der Waals surface area contributed by atoms with Crippen LogP contribution in [0.1, 0.15) is 44.6 Å². The summed E-state index contributed by atoms with van der Waals surface area (Å²) in [5, 5.41) is 7.91. The Balaban J connectivity index is 0.00000300. The normalized spacial score (nSPS) is 23.9. The van der Waals surface area contributed by atoms with Crippen molar-refractivity contribution in [2.75, 3.05) is 39.7 Å². The highest BCUT2D eigenvalue weighted by atomic mass is 127. The van der Waals surface area contributed by atoms with E-state index in [1.54, 1.807) is 7.11 Å². The molecule has 2 atom stereocenters. The molecule has 0 spiro atoms. The van der Waals surface area contributed by atoms with Gasteiger partial charge in [0.1, 0.15) is 5.75 Å². The molecule has 29 heavy (non-hydrogen) atoms. The number of rotatable bonds is 7. The molecule has 5 nitrogen and oxygen atoms in total. The molecule has 1 saturated carbocycles. The number of methoxy groups -OCH3 is 1. The molecule has 1 heterocycles. The van der Waals surface area contributed by atoms with Crippen LogP contribution in [0.3, 0.4) is 0 Å². The number of benzene rings is 1. The van der Waals surface area contributed by atoms with Crippen molar-refractivity contribution in [3.05, 3.63) is 29.8 Å². The van der Waals surface area contributed by atoms with E-state index in [9.17, 15) is 0 Å². The molecule has 2 unspecified atom stereocenters. The largest absolute Gasteiger partial charge is 0.497 e. The van der Waals surface area contributed by atoms with Crippen LogP contribution >= 0.6 is 35.7 Å². The van der Waals surface area contributed by atoms with Gasteiger partial charge in [-0.3, -0.25) is 4.99 Å². The molecule has 1 aliphatic carbocycles. The molecule has 3 rings (SSSR count). The van der Waals surface area contributed by atoms with Crippen LogP contribution < -0.4 is 15.4 Å². The second-order valence-corrected chi connectivity index (χ2v) is 8.97. The van der Waals surface area contributed by atoms with Crippen LogP contribution in [0.4, 0.5) is 0 Å². The molecule has 2 fully saturated rings. The summed E-state index contributed by atoms with van der Waals surface area (Å²) in [5.74, 6) is 1.85. The maximum Gasteiger partial charge on any atom is 0.191 e. The van der Waals surface area contributed by atoms with Crippen molar-refractivity contribution in [3.63, 3.8) is 0 Å². The third-order valence-electron chi connectivity index (χ3n) is 6.10. The van der Waals surface area contributed by atoms with Crippen LogP contribution in [0.2, 0.25) is 0 Å². The van der Waals surface area contributed by atoms with Crippen molar-refractivity contribution < 1.29 is 9.47 Å². The van der Waals surface area contributed by atoms with E-state index in [0.717, 1.165) is 56.1 Å². The number of nitrogens with one attached hydrogen (secondary N) is 2. The van der Waals surface area contributed by atoms with Gasteiger partial charge in [-0.2, -0.15) is 11.8 Å². The Kier molecular flexibility index (Phi) is 10.4. The Hall–Kier alpha value is -0.670. The minimum Gasteiger partial charge on any atom is -0.497 e. The van der Waals surface area contributed by atoms with Gasteiger partial charge in [0.05, 0.1) is 13.7 Å². The molecule has 1 aromatic rings. The molecule has 2 aliphatic rings. The monoisotopic (exact) mass is 533 g/mol. The van der Waals surface area contributed by atoms with Crippen molar-refractivity contribution >= 4 is 41.7 Å². The van der Waals surface area contributed by atoms with Crippen LogP contribution in [-0.2, 0) is 10.2 Å². The van der Waals surface area contributed by atoms with Gasteiger partial charge >= 0.3 is 0 Å². The van der Waals surface area contributed by atoms with Crippen molar-refractivity contribution in [2.45, 2.75) is 55.7 Å². The van der Waals surface area contributed by atoms with Crippen LogP contribution in [0, 0.1) is 0 Å².